The minimum Gasteiger partial charge on any atom is -0.452 e. The molecule has 74 valence electrons. The highest BCUT2D eigenvalue weighted by molar-refractivity contribution is 5.79. The van der Waals surface area contributed by atoms with E-state index in [0.717, 1.165) is 0 Å². The summed E-state index contributed by atoms with van der Waals surface area (Å²) in [4.78, 5) is 11.1. The van der Waals surface area contributed by atoms with Crippen LogP contribution < -0.4 is 0 Å². The van der Waals surface area contributed by atoms with Crippen LogP contribution in [0.2, 0.25) is 0 Å². The van der Waals surface area contributed by atoms with Gasteiger partial charge in [0.2, 0.25) is 11.9 Å². The van der Waals surface area contributed by atoms with Crippen LogP contribution in [0.15, 0.2) is 0 Å². The average molecular weight is 190 g/mol. The molecule has 0 aromatic heterocycles. The van der Waals surface area contributed by atoms with Crippen LogP contribution >= 0.6 is 0 Å². The maximum Gasteiger partial charge on any atom is 0.341 e. The van der Waals surface area contributed by atoms with E-state index in [-0.39, 0.29) is 6.61 Å². The van der Waals surface area contributed by atoms with Crippen molar-refractivity contribution in [3.8, 4) is 0 Å². The summed E-state index contributed by atoms with van der Waals surface area (Å²) >= 11 is 0. The summed E-state index contributed by atoms with van der Waals surface area (Å²) in [6.07, 6.45) is -3.20. The molecule has 2 saturated heterocycles. The van der Waals surface area contributed by atoms with Crippen molar-refractivity contribution in [2.24, 2.45) is 0 Å². The van der Waals surface area contributed by atoms with Gasteiger partial charge in [0.15, 0.2) is 6.10 Å². The molecule has 2 fully saturated rings. The second-order valence-corrected chi connectivity index (χ2v) is 3.10. The second kappa shape index (κ2) is 2.65. The van der Waals surface area contributed by atoms with E-state index < -0.39 is 30.1 Å². The van der Waals surface area contributed by atoms with Gasteiger partial charge in [0, 0.05) is 7.11 Å². The maximum atomic E-state index is 11.1. The van der Waals surface area contributed by atoms with E-state index in [1.54, 1.807) is 0 Å². The summed E-state index contributed by atoms with van der Waals surface area (Å²) in [5.41, 5.74) is 0. The molecule has 0 aliphatic carbocycles. The molecule has 0 spiro atoms. The van der Waals surface area contributed by atoms with Gasteiger partial charge >= 0.3 is 5.97 Å². The molecule has 2 N–H and O–H groups in total. The van der Waals surface area contributed by atoms with Gasteiger partial charge in [0.25, 0.3) is 0 Å². The summed E-state index contributed by atoms with van der Waals surface area (Å²) in [5.74, 6) is -2.54. The normalized spacial score (nSPS) is 49.2. The van der Waals surface area contributed by atoms with Crippen molar-refractivity contribution in [1.29, 1.82) is 0 Å². The highest BCUT2D eigenvalue weighted by Gasteiger charge is 2.64. The number of hydrogen-bond acceptors (Lipinski definition) is 6. The van der Waals surface area contributed by atoms with Gasteiger partial charge in [0.1, 0.15) is 6.10 Å². The number of fused-ring (bicyclic) bond motifs is 1. The molecule has 6 nitrogen and oxygen atoms in total. The summed E-state index contributed by atoms with van der Waals surface area (Å²) in [5, 5.41) is 19.1. The first-order valence-electron chi connectivity index (χ1n) is 3.87. The Balaban J connectivity index is 2.29. The van der Waals surface area contributed by atoms with E-state index in [1.807, 2.05) is 0 Å². The molecule has 2 rings (SSSR count). The molecule has 0 aromatic carbocycles. The van der Waals surface area contributed by atoms with Crippen LogP contribution in [0.3, 0.4) is 0 Å². The summed E-state index contributed by atoms with van der Waals surface area (Å²) in [6.45, 7) is -0.0612. The summed E-state index contributed by atoms with van der Waals surface area (Å²) in [6, 6.07) is 0. The van der Waals surface area contributed by atoms with Crippen LogP contribution in [0, 0.1) is 0 Å². The number of methoxy groups -OCH3 is 1. The molecule has 2 heterocycles. The molecule has 13 heavy (non-hydrogen) atoms. The molecule has 0 radical (unpaired) electrons. The molecule has 0 aromatic rings. The fraction of sp³-hybridized carbons (Fsp3) is 0.857. The fourth-order valence-corrected chi connectivity index (χ4v) is 1.67. The van der Waals surface area contributed by atoms with Crippen LogP contribution in [0.4, 0.5) is 0 Å². The molecule has 4 unspecified atom stereocenters. The number of esters is 1. The topological polar surface area (TPSA) is 85.2 Å². The number of aliphatic hydroxyl groups excluding tert-OH is 1. The van der Waals surface area contributed by atoms with Gasteiger partial charge in [-0.2, -0.15) is 0 Å². The Hall–Kier alpha value is -0.690. The monoisotopic (exact) mass is 190 g/mol. The minimum atomic E-state index is -1.83. The first-order valence-corrected chi connectivity index (χ1v) is 3.87. The smallest absolute Gasteiger partial charge is 0.341 e. The van der Waals surface area contributed by atoms with Gasteiger partial charge in [-0.15, -0.1) is 0 Å². The second-order valence-electron chi connectivity index (χ2n) is 3.10. The van der Waals surface area contributed by atoms with Gasteiger partial charge in [-0.3, -0.25) is 0 Å². The Morgan fingerprint density at radius 1 is 1.69 bits per heavy atom. The molecular weight excluding hydrogens is 180 g/mol. The van der Waals surface area contributed by atoms with Crippen molar-refractivity contribution in [2.75, 3.05) is 13.7 Å². The predicted molar refractivity (Wildman–Crippen MR) is 37.6 cm³/mol. The minimum absolute atomic E-state index is 0.0612. The van der Waals surface area contributed by atoms with Gasteiger partial charge in [-0.05, 0) is 0 Å². The molecule has 0 bridgehead atoms. The lowest BCUT2D eigenvalue weighted by molar-refractivity contribution is -0.229. The Kier molecular flexibility index (Phi) is 1.81. The molecule has 2 aliphatic heterocycles. The van der Waals surface area contributed by atoms with Crippen molar-refractivity contribution in [3.05, 3.63) is 0 Å². The van der Waals surface area contributed by atoms with E-state index in [1.165, 1.54) is 7.11 Å². The quantitative estimate of drug-likeness (QED) is 0.465. The standard InChI is InChI=1S/C7H10O6/c1-11-5-6(9)13-4-3(8)2-12-7(4,5)10/h3-5,8,10H,2H2,1H3. The summed E-state index contributed by atoms with van der Waals surface area (Å²) in [7, 11) is 1.26. The highest BCUT2D eigenvalue weighted by Crippen LogP contribution is 2.37. The van der Waals surface area contributed by atoms with E-state index in [4.69, 9.17) is 14.2 Å². The highest BCUT2D eigenvalue weighted by atomic mass is 16.7. The lowest BCUT2D eigenvalue weighted by atomic mass is 10.1. The Morgan fingerprint density at radius 2 is 2.38 bits per heavy atom. The molecular formula is C7H10O6. The SMILES string of the molecule is COC1C(=O)OC2C(O)COC12O. The van der Waals surface area contributed by atoms with Gasteiger partial charge in [0.05, 0.1) is 6.61 Å². The number of ether oxygens (including phenoxy) is 3. The van der Waals surface area contributed by atoms with Crippen LogP contribution in [0.5, 0.6) is 0 Å². The molecule has 6 heteroatoms. The van der Waals surface area contributed by atoms with Crippen LogP contribution in [-0.2, 0) is 19.0 Å². The third-order valence-electron chi connectivity index (χ3n) is 2.31. The largest absolute Gasteiger partial charge is 0.452 e. The zero-order chi connectivity index (χ0) is 9.64. The number of carbonyl (C=O) groups is 1. The number of carbonyl (C=O) groups excluding carboxylic acids is 1. The summed E-state index contributed by atoms with van der Waals surface area (Å²) < 4.78 is 14.3. The Bertz CT molecular complexity index is 241. The first-order chi connectivity index (χ1) is 6.09. The maximum absolute atomic E-state index is 11.1. The van der Waals surface area contributed by atoms with Crippen LogP contribution in [0.25, 0.3) is 0 Å². The molecule has 0 saturated carbocycles. The van der Waals surface area contributed by atoms with Gasteiger partial charge in [-0.1, -0.05) is 0 Å². The van der Waals surface area contributed by atoms with Crippen molar-refractivity contribution in [2.45, 2.75) is 24.1 Å². The third-order valence-corrected chi connectivity index (χ3v) is 2.31. The fourth-order valence-electron chi connectivity index (χ4n) is 1.67. The van der Waals surface area contributed by atoms with E-state index in [2.05, 4.69) is 0 Å². The van der Waals surface area contributed by atoms with Gasteiger partial charge in [-0.25, -0.2) is 4.79 Å². The van der Waals surface area contributed by atoms with Crippen LogP contribution in [-0.4, -0.2) is 54.0 Å². The van der Waals surface area contributed by atoms with Gasteiger partial charge < -0.3 is 24.4 Å². The van der Waals surface area contributed by atoms with E-state index in [9.17, 15) is 15.0 Å². The Morgan fingerprint density at radius 3 is 3.00 bits per heavy atom. The average Bonchev–Trinajstić information content (AvgIpc) is 2.48. The van der Waals surface area contributed by atoms with Crippen molar-refractivity contribution in [3.63, 3.8) is 0 Å². The van der Waals surface area contributed by atoms with Crippen molar-refractivity contribution in [1.82, 2.24) is 0 Å². The zero-order valence-electron chi connectivity index (χ0n) is 6.97. The molecule has 4 atom stereocenters. The predicted octanol–water partition coefficient (Wildman–Crippen LogP) is -1.99. The lowest BCUT2D eigenvalue weighted by Gasteiger charge is -2.22. The van der Waals surface area contributed by atoms with E-state index in [0.29, 0.717) is 0 Å². The third kappa shape index (κ3) is 1.000. The molecule has 2 aliphatic rings. The number of aliphatic hydroxyl groups is 2. The Labute approximate surface area is 74.0 Å². The first kappa shape index (κ1) is 8.89. The van der Waals surface area contributed by atoms with E-state index >= 15 is 0 Å². The van der Waals surface area contributed by atoms with Crippen LogP contribution in [0.1, 0.15) is 0 Å². The molecule has 0 amide bonds. The van der Waals surface area contributed by atoms with Crippen molar-refractivity contribution < 1.29 is 29.2 Å². The van der Waals surface area contributed by atoms with Crippen molar-refractivity contribution >= 4 is 5.97 Å². The number of rotatable bonds is 1. The number of hydrogen-bond donors (Lipinski definition) is 2. The zero-order valence-corrected chi connectivity index (χ0v) is 6.97. The lowest BCUT2D eigenvalue weighted by Crippen LogP contribution is -2.48.